The Morgan fingerprint density at radius 2 is 0.865 bits per heavy atom. The first kappa shape index (κ1) is 30.2. The summed E-state index contributed by atoms with van der Waals surface area (Å²) in [5, 5.41) is 2.62. The zero-order chi connectivity index (χ0) is 34.8. The van der Waals surface area contributed by atoms with E-state index < -0.39 is 0 Å². The molecule has 0 bridgehead atoms. The molecule has 0 atom stereocenters. The van der Waals surface area contributed by atoms with E-state index in [0.717, 1.165) is 27.8 Å². The molecule has 0 saturated heterocycles. The van der Waals surface area contributed by atoms with Crippen LogP contribution >= 0.6 is 0 Å². The molecule has 0 N–H and O–H groups in total. The first-order valence-corrected chi connectivity index (χ1v) is 17.8. The minimum absolute atomic E-state index is 0.154. The highest BCUT2D eigenvalue weighted by Crippen LogP contribution is 2.48. The van der Waals surface area contributed by atoms with Crippen molar-refractivity contribution in [3.8, 4) is 62.1 Å². The topological polar surface area (TPSA) is 43.6 Å². The first-order chi connectivity index (χ1) is 25.5. The van der Waals surface area contributed by atoms with Crippen LogP contribution in [0.25, 0.3) is 83.9 Å². The second kappa shape index (κ2) is 11.7. The van der Waals surface area contributed by atoms with Crippen molar-refractivity contribution >= 4 is 21.8 Å². The molecule has 0 fully saturated rings. The average Bonchev–Trinajstić information content (AvgIpc) is 3.55. The van der Waals surface area contributed by atoms with Gasteiger partial charge in [-0.25, -0.2) is 15.0 Å². The summed E-state index contributed by atoms with van der Waals surface area (Å²) in [5.41, 5.74) is 14.0. The number of aromatic nitrogens is 4. The number of hydrogen-bond acceptors (Lipinski definition) is 3. The van der Waals surface area contributed by atoms with Crippen LogP contribution in [-0.4, -0.2) is 19.5 Å². The second-order valence-electron chi connectivity index (χ2n) is 14.1. The Kier molecular flexibility index (Phi) is 6.80. The zero-order valence-corrected chi connectivity index (χ0v) is 29.0. The van der Waals surface area contributed by atoms with E-state index in [2.05, 4.69) is 128 Å². The Labute approximate surface area is 302 Å². The smallest absolute Gasteiger partial charge is 0.164 e. The third kappa shape index (κ3) is 4.79. The van der Waals surface area contributed by atoms with E-state index >= 15 is 0 Å². The molecule has 4 nitrogen and oxygen atoms in total. The first-order valence-electron chi connectivity index (χ1n) is 17.8. The van der Waals surface area contributed by atoms with Crippen LogP contribution < -0.4 is 0 Å². The van der Waals surface area contributed by atoms with Gasteiger partial charge < -0.3 is 4.57 Å². The Morgan fingerprint density at radius 1 is 0.385 bits per heavy atom. The zero-order valence-electron chi connectivity index (χ0n) is 29.0. The molecule has 0 radical (unpaired) electrons. The molecule has 2 aromatic heterocycles. The van der Waals surface area contributed by atoms with Crippen LogP contribution in [0.15, 0.2) is 170 Å². The standard InChI is InChI=1S/C48H34N4/c1-48(2)40-21-12-20-39-38-19-9-10-22-42(38)52(44(39)40)43-28-27-37(30-41(43)48)36-18-11-17-35(29-36)31-23-25-34(26-24-31)47-50-45(32-13-5-3-6-14-32)49-46(51-47)33-15-7-4-8-16-33/h3-30H,1-2H3. The number of hydrogen-bond donors (Lipinski definition) is 0. The lowest BCUT2D eigenvalue weighted by Crippen LogP contribution is -2.26. The lowest BCUT2D eigenvalue weighted by atomic mass is 9.74. The molecular weight excluding hydrogens is 633 g/mol. The number of benzene rings is 7. The summed E-state index contributed by atoms with van der Waals surface area (Å²) >= 11 is 0. The van der Waals surface area contributed by atoms with Gasteiger partial charge in [0.25, 0.3) is 0 Å². The maximum absolute atomic E-state index is 4.92. The predicted molar refractivity (Wildman–Crippen MR) is 213 cm³/mol. The van der Waals surface area contributed by atoms with Gasteiger partial charge in [-0.1, -0.05) is 159 Å². The van der Waals surface area contributed by atoms with Crippen LogP contribution in [0.2, 0.25) is 0 Å². The molecule has 1 aliphatic rings. The summed E-state index contributed by atoms with van der Waals surface area (Å²) < 4.78 is 2.47. The van der Waals surface area contributed by atoms with E-state index in [1.807, 2.05) is 60.7 Å². The van der Waals surface area contributed by atoms with Crippen LogP contribution in [0.1, 0.15) is 25.0 Å². The Bertz CT molecular complexity index is 2740. The van der Waals surface area contributed by atoms with E-state index in [1.165, 1.54) is 49.7 Å². The van der Waals surface area contributed by atoms with Gasteiger partial charge in [0.1, 0.15) is 0 Å². The van der Waals surface area contributed by atoms with E-state index in [-0.39, 0.29) is 5.41 Å². The third-order valence-electron chi connectivity index (χ3n) is 10.7. The van der Waals surface area contributed by atoms with Gasteiger partial charge in [-0.2, -0.15) is 0 Å². The van der Waals surface area contributed by atoms with Gasteiger partial charge in [-0.05, 0) is 57.6 Å². The molecule has 52 heavy (non-hydrogen) atoms. The molecule has 0 unspecified atom stereocenters. The van der Waals surface area contributed by atoms with Gasteiger partial charge in [0, 0.05) is 32.9 Å². The van der Waals surface area contributed by atoms with E-state index in [1.54, 1.807) is 0 Å². The lowest BCUT2D eigenvalue weighted by Gasteiger charge is -2.35. The van der Waals surface area contributed by atoms with E-state index in [4.69, 9.17) is 15.0 Å². The van der Waals surface area contributed by atoms with E-state index in [0.29, 0.717) is 17.5 Å². The second-order valence-corrected chi connectivity index (χ2v) is 14.1. The Balaban J connectivity index is 1.02. The quantitative estimate of drug-likeness (QED) is 0.184. The lowest BCUT2D eigenvalue weighted by molar-refractivity contribution is 0.630. The van der Waals surface area contributed by atoms with Crippen LogP contribution in [0, 0.1) is 0 Å². The van der Waals surface area contributed by atoms with Crippen LogP contribution in [0.4, 0.5) is 0 Å². The average molecular weight is 667 g/mol. The molecule has 10 rings (SSSR count). The molecule has 3 heterocycles. The molecule has 4 heteroatoms. The van der Waals surface area contributed by atoms with Crippen molar-refractivity contribution in [3.05, 3.63) is 181 Å². The van der Waals surface area contributed by atoms with Gasteiger partial charge in [0.15, 0.2) is 17.5 Å². The summed E-state index contributed by atoms with van der Waals surface area (Å²) in [6.45, 7) is 4.73. The van der Waals surface area contributed by atoms with E-state index in [9.17, 15) is 0 Å². The number of para-hydroxylation sites is 2. The minimum atomic E-state index is -0.154. The largest absolute Gasteiger partial charge is 0.309 e. The fourth-order valence-corrected chi connectivity index (χ4v) is 7.96. The summed E-state index contributed by atoms with van der Waals surface area (Å²) in [4.78, 5) is 14.7. The molecule has 0 amide bonds. The van der Waals surface area contributed by atoms with Crippen molar-refractivity contribution in [2.75, 3.05) is 0 Å². The van der Waals surface area contributed by atoms with Crippen molar-refractivity contribution in [2.24, 2.45) is 0 Å². The maximum Gasteiger partial charge on any atom is 0.164 e. The highest BCUT2D eigenvalue weighted by atomic mass is 15.0. The minimum Gasteiger partial charge on any atom is -0.309 e. The predicted octanol–water partition coefficient (Wildman–Crippen LogP) is 11.9. The molecule has 246 valence electrons. The van der Waals surface area contributed by atoms with Gasteiger partial charge in [-0.3, -0.25) is 0 Å². The van der Waals surface area contributed by atoms with Gasteiger partial charge in [0.05, 0.1) is 16.7 Å². The van der Waals surface area contributed by atoms with Crippen LogP contribution in [-0.2, 0) is 5.41 Å². The maximum atomic E-state index is 4.92. The molecule has 0 aliphatic carbocycles. The van der Waals surface area contributed by atoms with Crippen molar-refractivity contribution in [1.29, 1.82) is 0 Å². The monoisotopic (exact) mass is 666 g/mol. The number of nitrogens with zero attached hydrogens (tertiary/aromatic N) is 4. The fourth-order valence-electron chi connectivity index (χ4n) is 7.96. The highest BCUT2D eigenvalue weighted by Gasteiger charge is 2.35. The number of rotatable bonds is 5. The highest BCUT2D eigenvalue weighted by molar-refractivity contribution is 6.11. The van der Waals surface area contributed by atoms with Crippen LogP contribution in [0.3, 0.4) is 0 Å². The van der Waals surface area contributed by atoms with Crippen molar-refractivity contribution in [2.45, 2.75) is 19.3 Å². The molecule has 1 aliphatic heterocycles. The molecule has 7 aromatic carbocycles. The summed E-state index contributed by atoms with van der Waals surface area (Å²) in [6.07, 6.45) is 0. The molecule has 0 saturated carbocycles. The van der Waals surface area contributed by atoms with Crippen molar-refractivity contribution in [1.82, 2.24) is 19.5 Å². The molecule has 9 aromatic rings. The molecular formula is C48H34N4. The summed E-state index contributed by atoms with van der Waals surface area (Å²) in [7, 11) is 0. The SMILES string of the molecule is CC1(C)c2cc(-c3cccc(-c4ccc(-c5nc(-c6ccccc6)nc(-c6ccccc6)n5)cc4)c3)ccc2-n2c3ccccc3c3cccc1c32. The Morgan fingerprint density at radius 3 is 1.54 bits per heavy atom. The van der Waals surface area contributed by atoms with Gasteiger partial charge in [0.2, 0.25) is 0 Å². The van der Waals surface area contributed by atoms with Crippen molar-refractivity contribution in [3.63, 3.8) is 0 Å². The Hall–Kier alpha value is -6.65. The molecule has 0 spiro atoms. The van der Waals surface area contributed by atoms with Gasteiger partial charge >= 0.3 is 0 Å². The summed E-state index contributed by atoms with van der Waals surface area (Å²) in [6, 6.07) is 60.2. The summed E-state index contributed by atoms with van der Waals surface area (Å²) in [5.74, 6) is 1.97. The van der Waals surface area contributed by atoms with Gasteiger partial charge in [-0.15, -0.1) is 0 Å². The third-order valence-corrected chi connectivity index (χ3v) is 10.7. The normalized spacial score (nSPS) is 13.0. The van der Waals surface area contributed by atoms with Crippen LogP contribution in [0.5, 0.6) is 0 Å². The van der Waals surface area contributed by atoms with Crippen molar-refractivity contribution < 1.29 is 0 Å². The number of fused-ring (bicyclic) bond motifs is 5. The fraction of sp³-hybridized carbons (Fsp3) is 0.0625.